The van der Waals surface area contributed by atoms with Crippen LogP contribution in [0.5, 0.6) is 5.75 Å². The molecule has 2 N–H and O–H groups in total. The molecule has 0 saturated carbocycles. The van der Waals surface area contributed by atoms with Crippen LogP contribution in [0.3, 0.4) is 0 Å². The molecule has 3 aromatic carbocycles. The Balaban J connectivity index is 1.81. The zero-order valence-corrected chi connectivity index (χ0v) is 14.4. The molecule has 2 atom stereocenters. The molecule has 4 rings (SSSR count). The van der Waals surface area contributed by atoms with Gasteiger partial charge in [-0.25, -0.2) is 0 Å². The first kappa shape index (κ1) is 16.6. The SMILES string of the molecule is O=C(NC(c1ccccc1)c1c(O)ccc2ccccc12)C1CCCO1. The molecule has 1 fully saturated rings. The average molecular weight is 347 g/mol. The van der Waals surface area contributed by atoms with Crippen molar-refractivity contribution in [1.82, 2.24) is 5.32 Å². The van der Waals surface area contributed by atoms with Gasteiger partial charge in [0.15, 0.2) is 0 Å². The van der Waals surface area contributed by atoms with Crippen molar-refractivity contribution in [2.45, 2.75) is 25.0 Å². The van der Waals surface area contributed by atoms with Gasteiger partial charge in [-0.2, -0.15) is 0 Å². The van der Waals surface area contributed by atoms with E-state index >= 15 is 0 Å². The maximum absolute atomic E-state index is 12.7. The van der Waals surface area contributed by atoms with E-state index in [0.29, 0.717) is 12.2 Å². The van der Waals surface area contributed by atoms with E-state index in [1.165, 1.54) is 0 Å². The Labute approximate surface area is 152 Å². The second-order valence-electron chi connectivity index (χ2n) is 6.57. The van der Waals surface area contributed by atoms with E-state index in [-0.39, 0.29) is 11.7 Å². The van der Waals surface area contributed by atoms with Gasteiger partial charge in [0.1, 0.15) is 11.9 Å². The third-order valence-corrected chi connectivity index (χ3v) is 4.88. The van der Waals surface area contributed by atoms with Gasteiger partial charge in [0.2, 0.25) is 5.91 Å². The molecule has 0 bridgehead atoms. The minimum atomic E-state index is -0.445. The first-order valence-electron chi connectivity index (χ1n) is 8.91. The maximum Gasteiger partial charge on any atom is 0.249 e. The second kappa shape index (κ2) is 7.18. The predicted octanol–water partition coefficient (Wildman–Crippen LogP) is 3.93. The molecule has 26 heavy (non-hydrogen) atoms. The minimum Gasteiger partial charge on any atom is -0.508 e. The number of aromatic hydroxyl groups is 1. The summed E-state index contributed by atoms with van der Waals surface area (Å²) >= 11 is 0. The fourth-order valence-corrected chi connectivity index (χ4v) is 3.57. The number of fused-ring (bicyclic) bond motifs is 1. The summed E-state index contributed by atoms with van der Waals surface area (Å²) in [6.45, 7) is 0.619. The van der Waals surface area contributed by atoms with Crippen molar-refractivity contribution in [2.24, 2.45) is 0 Å². The van der Waals surface area contributed by atoms with Gasteiger partial charge in [0, 0.05) is 12.2 Å². The molecule has 2 unspecified atom stereocenters. The molecule has 4 nitrogen and oxygen atoms in total. The summed E-state index contributed by atoms with van der Waals surface area (Å²) in [7, 11) is 0. The van der Waals surface area contributed by atoms with E-state index in [9.17, 15) is 9.90 Å². The Morgan fingerprint density at radius 2 is 1.81 bits per heavy atom. The summed E-state index contributed by atoms with van der Waals surface area (Å²) in [5.41, 5.74) is 1.63. The van der Waals surface area contributed by atoms with Crippen LogP contribution in [0.2, 0.25) is 0 Å². The lowest BCUT2D eigenvalue weighted by Gasteiger charge is -2.24. The molecule has 0 radical (unpaired) electrons. The van der Waals surface area contributed by atoms with E-state index in [1.54, 1.807) is 6.07 Å². The fourth-order valence-electron chi connectivity index (χ4n) is 3.57. The number of nitrogens with one attached hydrogen (secondary N) is 1. The van der Waals surface area contributed by atoms with Gasteiger partial charge < -0.3 is 15.2 Å². The minimum absolute atomic E-state index is 0.135. The molecule has 1 amide bonds. The summed E-state index contributed by atoms with van der Waals surface area (Å²) < 4.78 is 5.53. The highest BCUT2D eigenvalue weighted by Gasteiger charge is 2.28. The maximum atomic E-state index is 12.7. The Morgan fingerprint density at radius 1 is 1.04 bits per heavy atom. The second-order valence-corrected chi connectivity index (χ2v) is 6.57. The van der Waals surface area contributed by atoms with Gasteiger partial charge in [-0.1, -0.05) is 60.7 Å². The number of hydrogen-bond acceptors (Lipinski definition) is 3. The zero-order chi connectivity index (χ0) is 17.9. The van der Waals surface area contributed by atoms with Crippen LogP contribution in [-0.2, 0) is 9.53 Å². The fraction of sp³-hybridized carbons (Fsp3) is 0.227. The molecule has 4 heteroatoms. The molecular weight excluding hydrogens is 326 g/mol. The predicted molar refractivity (Wildman–Crippen MR) is 101 cm³/mol. The van der Waals surface area contributed by atoms with Gasteiger partial charge in [-0.3, -0.25) is 4.79 Å². The van der Waals surface area contributed by atoms with Gasteiger partial charge in [0.05, 0.1) is 6.04 Å². The summed E-state index contributed by atoms with van der Waals surface area (Å²) in [4.78, 5) is 12.7. The van der Waals surface area contributed by atoms with Crippen LogP contribution in [0.4, 0.5) is 0 Å². The average Bonchev–Trinajstić information content (AvgIpc) is 3.22. The molecular formula is C22H21NO3. The number of hydrogen-bond donors (Lipinski definition) is 2. The van der Waals surface area contributed by atoms with Gasteiger partial charge in [-0.15, -0.1) is 0 Å². The molecule has 3 aromatic rings. The van der Waals surface area contributed by atoms with Crippen molar-refractivity contribution in [1.29, 1.82) is 0 Å². The zero-order valence-electron chi connectivity index (χ0n) is 14.4. The topological polar surface area (TPSA) is 58.6 Å². The molecule has 0 aliphatic carbocycles. The number of amides is 1. The number of rotatable bonds is 4. The monoisotopic (exact) mass is 347 g/mol. The van der Waals surface area contributed by atoms with Crippen molar-refractivity contribution in [3.05, 3.63) is 77.9 Å². The van der Waals surface area contributed by atoms with Crippen molar-refractivity contribution >= 4 is 16.7 Å². The van der Waals surface area contributed by atoms with E-state index < -0.39 is 12.1 Å². The highest BCUT2D eigenvalue weighted by atomic mass is 16.5. The number of carbonyl (C=O) groups excluding carboxylic acids is 1. The first-order valence-corrected chi connectivity index (χ1v) is 8.91. The van der Waals surface area contributed by atoms with Gasteiger partial charge >= 0.3 is 0 Å². The van der Waals surface area contributed by atoms with Crippen LogP contribution < -0.4 is 5.32 Å². The van der Waals surface area contributed by atoms with Crippen LogP contribution in [0.1, 0.15) is 30.0 Å². The molecule has 1 saturated heterocycles. The quantitative estimate of drug-likeness (QED) is 0.752. The number of ether oxygens (including phenoxy) is 1. The number of benzene rings is 3. The Bertz CT molecular complexity index is 917. The van der Waals surface area contributed by atoms with Gasteiger partial charge in [0.25, 0.3) is 0 Å². The van der Waals surface area contributed by atoms with Crippen LogP contribution >= 0.6 is 0 Å². The standard InChI is InChI=1S/C22H21NO3/c24-18-13-12-15-7-4-5-10-17(15)20(18)21(16-8-2-1-3-9-16)23-22(25)19-11-6-14-26-19/h1-5,7-10,12-13,19,21,24H,6,11,14H2,(H,23,25). The summed E-state index contributed by atoms with van der Waals surface area (Å²) in [6, 6.07) is 20.7. The molecule has 1 aliphatic heterocycles. The summed E-state index contributed by atoms with van der Waals surface area (Å²) in [6.07, 6.45) is 1.21. The van der Waals surface area contributed by atoms with Crippen LogP contribution in [-0.4, -0.2) is 23.7 Å². The lowest BCUT2D eigenvalue weighted by Crippen LogP contribution is -2.37. The molecule has 1 aliphatic rings. The van der Waals surface area contributed by atoms with Crippen LogP contribution in [0.25, 0.3) is 10.8 Å². The Kier molecular flexibility index (Phi) is 4.59. The van der Waals surface area contributed by atoms with Crippen LogP contribution in [0, 0.1) is 0 Å². The number of phenols is 1. The third kappa shape index (κ3) is 3.16. The van der Waals surface area contributed by atoms with E-state index in [4.69, 9.17) is 4.74 Å². The Morgan fingerprint density at radius 3 is 2.58 bits per heavy atom. The number of phenolic OH excluding ortho intramolecular Hbond substituents is 1. The van der Waals surface area contributed by atoms with Crippen molar-refractivity contribution in [2.75, 3.05) is 6.61 Å². The van der Waals surface area contributed by atoms with E-state index in [2.05, 4.69) is 5.32 Å². The Hall–Kier alpha value is -2.85. The summed E-state index contributed by atoms with van der Waals surface area (Å²) in [5.74, 6) is 0.0360. The van der Waals surface area contributed by atoms with Gasteiger partial charge in [-0.05, 0) is 35.2 Å². The normalized spacial score (nSPS) is 17.9. The molecule has 1 heterocycles. The largest absolute Gasteiger partial charge is 0.508 e. The lowest BCUT2D eigenvalue weighted by molar-refractivity contribution is -0.130. The number of carbonyl (C=O) groups is 1. The van der Waals surface area contributed by atoms with Crippen LogP contribution in [0.15, 0.2) is 66.7 Å². The van der Waals surface area contributed by atoms with E-state index in [1.807, 2.05) is 60.7 Å². The summed E-state index contributed by atoms with van der Waals surface area (Å²) in [5, 5.41) is 15.7. The smallest absolute Gasteiger partial charge is 0.249 e. The highest BCUT2D eigenvalue weighted by Crippen LogP contribution is 2.36. The van der Waals surface area contributed by atoms with Crippen molar-refractivity contribution < 1.29 is 14.6 Å². The third-order valence-electron chi connectivity index (χ3n) is 4.88. The lowest BCUT2D eigenvalue weighted by atomic mass is 9.92. The first-order chi connectivity index (χ1) is 12.7. The molecule has 0 spiro atoms. The molecule has 132 valence electrons. The highest BCUT2D eigenvalue weighted by molar-refractivity contribution is 5.90. The van der Waals surface area contributed by atoms with Crippen molar-refractivity contribution in [3.8, 4) is 5.75 Å². The van der Waals surface area contributed by atoms with E-state index in [0.717, 1.165) is 29.2 Å². The molecule has 0 aromatic heterocycles. The van der Waals surface area contributed by atoms with Crippen molar-refractivity contribution in [3.63, 3.8) is 0 Å².